The van der Waals surface area contributed by atoms with Gasteiger partial charge in [-0.15, -0.1) is 0 Å². The largest absolute Gasteiger partial charge is 0.497 e. The molecule has 0 radical (unpaired) electrons. The Balaban J connectivity index is 1.74. The number of amides is 2. The third-order valence-electron chi connectivity index (χ3n) is 4.37. The van der Waals surface area contributed by atoms with Gasteiger partial charge in [-0.1, -0.05) is 17.7 Å². The lowest BCUT2D eigenvalue weighted by Crippen LogP contribution is -2.35. The van der Waals surface area contributed by atoms with E-state index < -0.39 is 11.7 Å². The molecule has 0 saturated heterocycles. The molecule has 1 N–H and O–H groups in total. The Morgan fingerprint density at radius 1 is 1.23 bits per heavy atom. The highest BCUT2D eigenvalue weighted by molar-refractivity contribution is 6.33. The van der Waals surface area contributed by atoms with Gasteiger partial charge in [0.2, 0.25) is 5.91 Å². The first-order valence-corrected chi connectivity index (χ1v) is 9.38. The first-order chi connectivity index (χ1) is 14.3. The van der Waals surface area contributed by atoms with Crippen LogP contribution in [0.1, 0.15) is 16.1 Å². The average molecular weight is 431 g/mol. The van der Waals surface area contributed by atoms with Gasteiger partial charge in [0.25, 0.3) is 5.91 Å². The van der Waals surface area contributed by atoms with Crippen molar-refractivity contribution in [1.29, 1.82) is 0 Å². The van der Waals surface area contributed by atoms with Crippen molar-refractivity contribution in [3.63, 3.8) is 0 Å². The molecule has 3 aromatic rings. The fraction of sp³-hybridized carbons (Fsp3) is 0.190. The van der Waals surface area contributed by atoms with Gasteiger partial charge >= 0.3 is 0 Å². The van der Waals surface area contributed by atoms with E-state index in [4.69, 9.17) is 16.3 Å². The first kappa shape index (κ1) is 21.3. The molecule has 0 bridgehead atoms. The van der Waals surface area contributed by atoms with Crippen molar-refractivity contribution in [2.24, 2.45) is 0 Å². The van der Waals surface area contributed by atoms with Gasteiger partial charge in [-0.25, -0.2) is 9.07 Å². The molecule has 30 heavy (non-hydrogen) atoms. The minimum Gasteiger partial charge on any atom is -0.497 e. The molecule has 1 aromatic heterocycles. The number of aromatic nitrogens is 2. The summed E-state index contributed by atoms with van der Waals surface area (Å²) in [6.07, 6.45) is 0. The molecule has 0 unspecified atom stereocenters. The van der Waals surface area contributed by atoms with Crippen LogP contribution in [0.3, 0.4) is 0 Å². The highest BCUT2D eigenvalue weighted by Crippen LogP contribution is 2.25. The van der Waals surface area contributed by atoms with Crippen LogP contribution in [-0.4, -0.2) is 47.2 Å². The molecule has 156 valence electrons. The summed E-state index contributed by atoms with van der Waals surface area (Å²) in [7, 11) is 3.03. The predicted molar refractivity (Wildman–Crippen MR) is 112 cm³/mol. The minimum atomic E-state index is -0.452. The van der Waals surface area contributed by atoms with E-state index in [0.717, 1.165) is 0 Å². The van der Waals surface area contributed by atoms with E-state index in [0.29, 0.717) is 22.8 Å². The van der Waals surface area contributed by atoms with E-state index in [2.05, 4.69) is 10.4 Å². The molecule has 3 rings (SSSR count). The second-order valence-corrected chi connectivity index (χ2v) is 6.94. The fourth-order valence-corrected chi connectivity index (χ4v) is 3.23. The van der Waals surface area contributed by atoms with Crippen LogP contribution in [0.25, 0.3) is 5.69 Å². The Hall–Kier alpha value is -3.39. The second-order valence-electron chi connectivity index (χ2n) is 6.58. The summed E-state index contributed by atoms with van der Waals surface area (Å²) >= 11 is 6.39. The van der Waals surface area contributed by atoms with Gasteiger partial charge in [0.05, 0.1) is 30.6 Å². The Bertz CT molecular complexity index is 1080. The second kappa shape index (κ2) is 8.96. The van der Waals surface area contributed by atoms with E-state index >= 15 is 0 Å². The number of ether oxygens (including phenoxy) is 1. The van der Waals surface area contributed by atoms with Crippen LogP contribution >= 0.6 is 11.6 Å². The van der Waals surface area contributed by atoms with Crippen LogP contribution in [0.5, 0.6) is 5.75 Å². The molecule has 7 nitrogen and oxygen atoms in total. The molecule has 0 fully saturated rings. The number of benzene rings is 2. The standard InChI is InChI=1S/C21H20ClFN4O3/c1-13-19(20(22)27(25-13)16-9-7-14(23)8-10-16)21(29)26(2)12-18(28)24-15-5-4-6-17(11-15)30-3/h4-11H,12H2,1-3H3,(H,24,28). The molecule has 2 aromatic carbocycles. The highest BCUT2D eigenvalue weighted by atomic mass is 35.5. The minimum absolute atomic E-state index is 0.0872. The molecule has 9 heteroatoms. The first-order valence-electron chi connectivity index (χ1n) is 9.00. The van der Waals surface area contributed by atoms with Crippen LogP contribution in [0.4, 0.5) is 10.1 Å². The number of nitrogens with zero attached hydrogens (tertiary/aromatic N) is 3. The van der Waals surface area contributed by atoms with Gasteiger partial charge < -0.3 is 15.0 Å². The van der Waals surface area contributed by atoms with Gasteiger partial charge in [0.15, 0.2) is 0 Å². The molecule has 0 aliphatic carbocycles. The summed E-state index contributed by atoms with van der Waals surface area (Å²) in [6.45, 7) is 1.46. The topological polar surface area (TPSA) is 76.5 Å². The zero-order valence-electron chi connectivity index (χ0n) is 16.6. The smallest absolute Gasteiger partial charge is 0.259 e. The van der Waals surface area contributed by atoms with Gasteiger partial charge in [0.1, 0.15) is 16.7 Å². The number of anilines is 1. The third-order valence-corrected chi connectivity index (χ3v) is 4.72. The molecule has 0 aliphatic rings. The molecule has 0 aliphatic heterocycles. The lowest BCUT2D eigenvalue weighted by atomic mass is 10.2. The average Bonchev–Trinajstić information content (AvgIpc) is 3.02. The number of carbonyl (C=O) groups excluding carboxylic acids is 2. The van der Waals surface area contributed by atoms with Gasteiger partial charge in [-0.2, -0.15) is 5.10 Å². The van der Waals surface area contributed by atoms with Crippen LogP contribution in [-0.2, 0) is 4.79 Å². The zero-order chi connectivity index (χ0) is 21.8. The summed E-state index contributed by atoms with van der Waals surface area (Å²) in [6, 6.07) is 12.5. The predicted octanol–water partition coefficient (Wildman–Crippen LogP) is 3.69. The van der Waals surface area contributed by atoms with Crippen LogP contribution < -0.4 is 10.1 Å². The summed E-state index contributed by atoms with van der Waals surface area (Å²) in [4.78, 5) is 26.5. The van der Waals surface area contributed by atoms with Crippen molar-refractivity contribution in [2.45, 2.75) is 6.92 Å². The number of methoxy groups -OCH3 is 1. The highest BCUT2D eigenvalue weighted by Gasteiger charge is 2.25. The van der Waals surface area contributed by atoms with E-state index in [1.807, 2.05) is 0 Å². The molecule has 0 atom stereocenters. The van der Waals surface area contributed by atoms with E-state index in [9.17, 15) is 14.0 Å². The van der Waals surface area contributed by atoms with Crippen molar-refractivity contribution < 1.29 is 18.7 Å². The summed E-state index contributed by atoms with van der Waals surface area (Å²) in [5.74, 6) is -0.616. The van der Waals surface area contributed by atoms with Gasteiger partial charge in [0, 0.05) is 18.8 Å². The molecule has 2 amide bonds. The lowest BCUT2D eigenvalue weighted by Gasteiger charge is -2.17. The van der Waals surface area contributed by atoms with E-state index in [1.165, 1.54) is 48.0 Å². The SMILES string of the molecule is COc1cccc(NC(=O)CN(C)C(=O)c2c(C)nn(-c3ccc(F)cc3)c2Cl)c1. The Morgan fingerprint density at radius 3 is 2.60 bits per heavy atom. The summed E-state index contributed by atoms with van der Waals surface area (Å²) in [5, 5.41) is 7.08. The molecule has 1 heterocycles. The van der Waals surface area contributed by atoms with Crippen molar-refractivity contribution in [2.75, 3.05) is 26.0 Å². The molecular formula is C21H20ClFN4O3. The molecule has 0 spiro atoms. The van der Waals surface area contributed by atoms with E-state index in [1.54, 1.807) is 31.2 Å². The van der Waals surface area contributed by atoms with Crippen LogP contribution in [0.2, 0.25) is 5.15 Å². The Kier molecular flexibility index (Phi) is 6.37. The normalized spacial score (nSPS) is 10.6. The number of nitrogens with one attached hydrogen (secondary N) is 1. The summed E-state index contributed by atoms with van der Waals surface area (Å²) < 4.78 is 19.7. The third kappa shape index (κ3) is 4.60. The number of hydrogen-bond donors (Lipinski definition) is 1. The maximum Gasteiger partial charge on any atom is 0.259 e. The fourth-order valence-electron chi connectivity index (χ4n) is 2.87. The number of aryl methyl sites for hydroxylation is 1. The Labute approximate surface area is 178 Å². The molecule has 0 saturated carbocycles. The monoisotopic (exact) mass is 430 g/mol. The van der Waals surface area contributed by atoms with Crippen LogP contribution in [0.15, 0.2) is 48.5 Å². The lowest BCUT2D eigenvalue weighted by molar-refractivity contribution is -0.116. The van der Waals surface area contributed by atoms with Gasteiger partial charge in [-0.3, -0.25) is 9.59 Å². The maximum absolute atomic E-state index is 13.2. The number of rotatable bonds is 6. The maximum atomic E-state index is 13.2. The summed E-state index contributed by atoms with van der Waals surface area (Å²) in [5.41, 5.74) is 1.65. The van der Waals surface area contributed by atoms with E-state index in [-0.39, 0.29) is 23.2 Å². The van der Waals surface area contributed by atoms with Crippen molar-refractivity contribution in [1.82, 2.24) is 14.7 Å². The number of halogens is 2. The van der Waals surface area contributed by atoms with Crippen molar-refractivity contribution >= 4 is 29.1 Å². The Morgan fingerprint density at radius 2 is 1.93 bits per heavy atom. The van der Waals surface area contributed by atoms with Crippen molar-refractivity contribution in [3.8, 4) is 11.4 Å². The molecular weight excluding hydrogens is 411 g/mol. The zero-order valence-corrected chi connectivity index (χ0v) is 17.4. The number of likely N-dealkylation sites (N-methyl/N-ethyl adjacent to an activating group) is 1. The number of carbonyl (C=O) groups is 2. The quantitative estimate of drug-likeness (QED) is 0.647. The van der Waals surface area contributed by atoms with Gasteiger partial charge in [-0.05, 0) is 43.3 Å². The van der Waals surface area contributed by atoms with Crippen molar-refractivity contribution in [3.05, 3.63) is 70.8 Å². The number of hydrogen-bond acceptors (Lipinski definition) is 4. The van der Waals surface area contributed by atoms with Crippen LogP contribution in [0, 0.1) is 12.7 Å².